The van der Waals surface area contributed by atoms with Crippen molar-refractivity contribution < 1.29 is 9.59 Å². The standard InChI is InChI=1S/C19H29N5O2/c1-14(25)22-11-9-17-20-21-18(24(17)13-12-22)16-8-5-10-23(16)19(26)15-6-3-2-4-7-15/h15-16H,2-13H2,1H3. The van der Waals surface area contributed by atoms with Crippen molar-refractivity contribution in [1.29, 1.82) is 0 Å². The second kappa shape index (κ2) is 7.37. The lowest BCUT2D eigenvalue weighted by molar-refractivity contribution is -0.137. The number of carbonyl (C=O) groups excluding carboxylic acids is 2. The molecule has 1 aromatic heterocycles. The van der Waals surface area contributed by atoms with Crippen molar-refractivity contribution in [1.82, 2.24) is 24.6 Å². The molecule has 3 aliphatic rings. The number of amides is 2. The van der Waals surface area contributed by atoms with E-state index in [0.29, 0.717) is 19.0 Å². The molecule has 1 aliphatic carbocycles. The predicted molar refractivity (Wildman–Crippen MR) is 96.2 cm³/mol. The van der Waals surface area contributed by atoms with Gasteiger partial charge in [-0.3, -0.25) is 9.59 Å². The molecule has 1 aromatic rings. The summed E-state index contributed by atoms with van der Waals surface area (Å²) in [6.45, 7) is 4.56. The van der Waals surface area contributed by atoms with Gasteiger partial charge in [0.05, 0.1) is 6.04 Å². The number of likely N-dealkylation sites (tertiary alicyclic amines) is 1. The summed E-state index contributed by atoms with van der Waals surface area (Å²) in [7, 11) is 0. The molecule has 0 N–H and O–H groups in total. The molecule has 2 amide bonds. The fourth-order valence-electron chi connectivity index (χ4n) is 4.79. The minimum atomic E-state index is 0.0505. The third-order valence-corrected chi connectivity index (χ3v) is 6.29. The highest BCUT2D eigenvalue weighted by Crippen LogP contribution is 2.35. The van der Waals surface area contributed by atoms with Gasteiger partial charge in [0, 0.05) is 45.4 Å². The van der Waals surface area contributed by atoms with E-state index in [4.69, 9.17) is 0 Å². The van der Waals surface area contributed by atoms with Gasteiger partial charge in [0.2, 0.25) is 11.8 Å². The number of aromatic nitrogens is 3. The van der Waals surface area contributed by atoms with Crippen LogP contribution in [-0.4, -0.2) is 56.0 Å². The van der Waals surface area contributed by atoms with Gasteiger partial charge < -0.3 is 14.4 Å². The van der Waals surface area contributed by atoms with Crippen LogP contribution in [0.1, 0.15) is 69.6 Å². The second-order valence-corrected chi connectivity index (χ2v) is 7.91. The van der Waals surface area contributed by atoms with Crippen LogP contribution in [-0.2, 0) is 22.6 Å². The molecule has 2 aliphatic heterocycles. The normalized spacial score (nSPS) is 24.4. The van der Waals surface area contributed by atoms with E-state index in [1.165, 1.54) is 19.3 Å². The number of fused-ring (bicyclic) bond motifs is 1. The zero-order valence-corrected chi connectivity index (χ0v) is 15.7. The van der Waals surface area contributed by atoms with Crippen LogP contribution in [0.2, 0.25) is 0 Å². The maximum absolute atomic E-state index is 13.1. The van der Waals surface area contributed by atoms with Gasteiger partial charge >= 0.3 is 0 Å². The number of rotatable bonds is 2. The Labute approximate surface area is 154 Å². The molecule has 1 atom stereocenters. The van der Waals surface area contributed by atoms with Gasteiger partial charge in [-0.25, -0.2) is 0 Å². The Balaban J connectivity index is 1.53. The summed E-state index contributed by atoms with van der Waals surface area (Å²) < 4.78 is 2.17. The highest BCUT2D eigenvalue weighted by atomic mass is 16.2. The summed E-state index contributed by atoms with van der Waals surface area (Å²) in [5.74, 6) is 2.50. The number of nitrogens with zero attached hydrogens (tertiary/aromatic N) is 5. The summed E-state index contributed by atoms with van der Waals surface area (Å²) >= 11 is 0. The van der Waals surface area contributed by atoms with E-state index < -0.39 is 0 Å². The van der Waals surface area contributed by atoms with Crippen molar-refractivity contribution >= 4 is 11.8 Å². The van der Waals surface area contributed by atoms with E-state index >= 15 is 0 Å². The van der Waals surface area contributed by atoms with Crippen LogP contribution in [0.3, 0.4) is 0 Å². The Bertz CT molecular complexity index is 679. The number of carbonyl (C=O) groups is 2. The molecular formula is C19H29N5O2. The summed E-state index contributed by atoms with van der Waals surface area (Å²) in [5, 5.41) is 8.88. The Hall–Kier alpha value is -1.92. The Morgan fingerprint density at radius 1 is 0.923 bits per heavy atom. The molecule has 142 valence electrons. The quantitative estimate of drug-likeness (QED) is 0.809. The molecule has 0 bridgehead atoms. The van der Waals surface area contributed by atoms with Gasteiger partial charge in [-0.1, -0.05) is 19.3 Å². The Morgan fingerprint density at radius 2 is 1.73 bits per heavy atom. The van der Waals surface area contributed by atoms with Crippen LogP contribution < -0.4 is 0 Å². The molecule has 3 heterocycles. The minimum Gasteiger partial charge on any atom is -0.341 e. The molecule has 7 nitrogen and oxygen atoms in total. The van der Waals surface area contributed by atoms with Gasteiger partial charge in [-0.2, -0.15) is 0 Å². The second-order valence-electron chi connectivity index (χ2n) is 7.91. The van der Waals surface area contributed by atoms with Crippen molar-refractivity contribution in [2.45, 2.75) is 70.9 Å². The average Bonchev–Trinajstić information content (AvgIpc) is 3.23. The summed E-state index contributed by atoms with van der Waals surface area (Å²) in [6, 6.07) is 0.0505. The Kier molecular flexibility index (Phi) is 4.96. The van der Waals surface area contributed by atoms with Gasteiger partial charge in [0.1, 0.15) is 5.82 Å². The molecule has 0 spiro atoms. The summed E-state index contributed by atoms with van der Waals surface area (Å²) in [6.07, 6.45) is 8.42. The zero-order valence-electron chi connectivity index (χ0n) is 15.7. The van der Waals surface area contributed by atoms with Gasteiger partial charge in [0.15, 0.2) is 5.82 Å². The van der Waals surface area contributed by atoms with Gasteiger partial charge in [-0.05, 0) is 25.7 Å². The highest BCUT2D eigenvalue weighted by molar-refractivity contribution is 5.79. The molecule has 1 unspecified atom stereocenters. The number of hydrogen-bond acceptors (Lipinski definition) is 4. The minimum absolute atomic E-state index is 0.0505. The first-order valence-electron chi connectivity index (χ1n) is 10.1. The first-order chi connectivity index (χ1) is 12.6. The van der Waals surface area contributed by atoms with Crippen LogP contribution in [0.15, 0.2) is 0 Å². The smallest absolute Gasteiger partial charge is 0.226 e. The van der Waals surface area contributed by atoms with E-state index in [9.17, 15) is 9.59 Å². The Morgan fingerprint density at radius 3 is 2.50 bits per heavy atom. The molecule has 2 fully saturated rings. The lowest BCUT2D eigenvalue weighted by Gasteiger charge is -2.30. The SMILES string of the molecule is CC(=O)N1CCc2nnc(C3CCCN3C(=O)C3CCCCC3)n2CC1. The fourth-order valence-corrected chi connectivity index (χ4v) is 4.79. The monoisotopic (exact) mass is 359 g/mol. The maximum atomic E-state index is 13.1. The largest absolute Gasteiger partial charge is 0.341 e. The maximum Gasteiger partial charge on any atom is 0.226 e. The van der Waals surface area contributed by atoms with E-state index in [1.807, 2.05) is 4.90 Å². The van der Waals surface area contributed by atoms with Gasteiger partial charge in [-0.15, -0.1) is 10.2 Å². The first-order valence-corrected chi connectivity index (χ1v) is 10.1. The van der Waals surface area contributed by atoms with E-state index in [-0.39, 0.29) is 17.9 Å². The van der Waals surface area contributed by atoms with Gasteiger partial charge in [0.25, 0.3) is 0 Å². The summed E-state index contributed by atoms with van der Waals surface area (Å²) in [4.78, 5) is 28.8. The molecule has 4 rings (SSSR count). The van der Waals surface area contributed by atoms with Crippen molar-refractivity contribution in [3.63, 3.8) is 0 Å². The number of hydrogen-bond donors (Lipinski definition) is 0. The van der Waals surface area contributed by atoms with Crippen LogP contribution >= 0.6 is 0 Å². The van der Waals surface area contributed by atoms with Crippen LogP contribution in [0.25, 0.3) is 0 Å². The van der Waals surface area contributed by atoms with E-state index in [2.05, 4.69) is 19.7 Å². The highest BCUT2D eigenvalue weighted by Gasteiger charge is 2.37. The lowest BCUT2D eigenvalue weighted by atomic mass is 9.88. The van der Waals surface area contributed by atoms with E-state index in [0.717, 1.165) is 56.8 Å². The molecule has 1 saturated carbocycles. The zero-order chi connectivity index (χ0) is 18.1. The molecule has 0 aromatic carbocycles. The van der Waals surface area contributed by atoms with Crippen molar-refractivity contribution in [2.75, 3.05) is 19.6 Å². The summed E-state index contributed by atoms with van der Waals surface area (Å²) in [5.41, 5.74) is 0. The van der Waals surface area contributed by atoms with Crippen molar-refractivity contribution in [2.24, 2.45) is 5.92 Å². The van der Waals surface area contributed by atoms with Crippen LogP contribution in [0.5, 0.6) is 0 Å². The van der Waals surface area contributed by atoms with Crippen LogP contribution in [0, 0.1) is 5.92 Å². The molecule has 1 saturated heterocycles. The average molecular weight is 359 g/mol. The molecule has 26 heavy (non-hydrogen) atoms. The van der Waals surface area contributed by atoms with Crippen molar-refractivity contribution in [3.05, 3.63) is 11.6 Å². The van der Waals surface area contributed by atoms with Crippen LogP contribution in [0.4, 0.5) is 0 Å². The predicted octanol–water partition coefficient (Wildman–Crippen LogP) is 1.93. The molecule has 0 radical (unpaired) electrons. The molecular weight excluding hydrogens is 330 g/mol. The third kappa shape index (κ3) is 3.23. The molecule has 7 heteroatoms. The third-order valence-electron chi connectivity index (χ3n) is 6.29. The lowest BCUT2D eigenvalue weighted by Crippen LogP contribution is -2.37. The van der Waals surface area contributed by atoms with E-state index in [1.54, 1.807) is 6.92 Å². The van der Waals surface area contributed by atoms with Crippen molar-refractivity contribution in [3.8, 4) is 0 Å². The first kappa shape index (κ1) is 17.5. The topological polar surface area (TPSA) is 71.3 Å². The fraction of sp³-hybridized carbons (Fsp3) is 0.789.